The molecule has 8 nitrogen and oxygen atoms in total. The standard InChI is InChI=1S/C30H26N4O4/c1-19-16-23(32(2)3)15-14-21(19)17-24-25(30(37)38)26-27(34(28(24)35)22-12-8-5-9-13-22)31-33(29(26)36)18-20-10-6-4-7-11-20/h4-17H,18H2,1-3H3,(H,37,38)/b24-17+. The van der Waals surface area contributed by atoms with Crippen molar-refractivity contribution in [3.8, 4) is 5.69 Å². The highest BCUT2D eigenvalue weighted by atomic mass is 16.4. The zero-order valence-electron chi connectivity index (χ0n) is 21.3. The van der Waals surface area contributed by atoms with Crippen molar-refractivity contribution < 1.29 is 14.7 Å². The molecular formula is C30H26N4O4. The number of rotatable bonds is 6. The number of carbonyl (C=O) groups excluding carboxylic acids is 1. The molecule has 0 saturated carbocycles. The molecule has 5 rings (SSSR count). The number of para-hydroxylation sites is 1. The molecule has 0 spiro atoms. The maximum absolute atomic E-state index is 14.0. The number of fused-ring (bicyclic) bond motifs is 1. The van der Waals surface area contributed by atoms with E-state index in [1.54, 1.807) is 30.3 Å². The largest absolute Gasteiger partial charge is 0.478 e. The van der Waals surface area contributed by atoms with E-state index in [4.69, 9.17) is 0 Å². The summed E-state index contributed by atoms with van der Waals surface area (Å²) in [4.78, 5) is 42.2. The molecule has 1 aromatic heterocycles. The van der Waals surface area contributed by atoms with Gasteiger partial charge in [0, 0.05) is 19.8 Å². The smallest absolute Gasteiger partial charge is 0.337 e. The second-order valence-corrected chi connectivity index (χ2v) is 9.30. The van der Waals surface area contributed by atoms with E-state index >= 15 is 0 Å². The fourth-order valence-corrected chi connectivity index (χ4v) is 4.56. The summed E-state index contributed by atoms with van der Waals surface area (Å²) in [7, 11) is 3.85. The molecule has 1 aliphatic heterocycles. The molecule has 4 aromatic rings. The molecule has 0 saturated heterocycles. The van der Waals surface area contributed by atoms with Crippen LogP contribution in [0, 0.1) is 6.92 Å². The molecule has 0 fully saturated rings. The molecule has 3 aromatic carbocycles. The number of benzene rings is 3. The van der Waals surface area contributed by atoms with Crippen LogP contribution in [0.15, 0.2) is 88.8 Å². The van der Waals surface area contributed by atoms with E-state index in [9.17, 15) is 19.5 Å². The highest BCUT2D eigenvalue weighted by Gasteiger charge is 2.33. The fourth-order valence-electron chi connectivity index (χ4n) is 4.56. The lowest BCUT2D eigenvalue weighted by atomic mass is 10.0. The number of carboxylic acids is 1. The number of amides is 1. The van der Waals surface area contributed by atoms with Crippen molar-refractivity contribution in [2.45, 2.75) is 13.5 Å². The molecule has 0 unspecified atom stereocenters. The van der Waals surface area contributed by atoms with Gasteiger partial charge in [0.1, 0.15) is 5.56 Å². The first-order chi connectivity index (χ1) is 18.3. The minimum Gasteiger partial charge on any atom is -0.478 e. The Morgan fingerprint density at radius 1 is 0.974 bits per heavy atom. The van der Waals surface area contributed by atoms with E-state index in [0.717, 1.165) is 16.8 Å². The van der Waals surface area contributed by atoms with Gasteiger partial charge in [0.25, 0.3) is 11.5 Å². The molecule has 0 atom stereocenters. The Hall–Kier alpha value is -4.98. The van der Waals surface area contributed by atoms with Crippen molar-refractivity contribution in [2.75, 3.05) is 19.0 Å². The fraction of sp³-hybridized carbons (Fsp3) is 0.133. The molecule has 8 heteroatoms. The number of anilines is 1. The molecule has 1 aliphatic rings. The Balaban J connectivity index is 1.82. The summed E-state index contributed by atoms with van der Waals surface area (Å²) < 4.78 is 1.32. The Morgan fingerprint density at radius 2 is 1.63 bits per heavy atom. The van der Waals surface area contributed by atoms with Crippen LogP contribution in [0.5, 0.6) is 0 Å². The third kappa shape index (κ3) is 4.37. The van der Waals surface area contributed by atoms with Gasteiger partial charge in [0.2, 0.25) is 0 Å². The average molecular weight is 507 g/mol. The van der Waals surface area contributed by atoms with Gasteiger partial charge in [-0.3, -0.25) is 14.2 Å². The van der Waals surface area contributed by atoms with Gasteiger partial charge in [0.15, 0.2) is 5.49 Å². The van der Waals surface area contributed by atoms with Crippen LogP contribution in [0.25, 0.3) is 11.8 Å². The predicted octanol–water partition coefficient (Wildman–Crippen LogP) is 2.93. The molecule has 1 N–H and O–H groups in total. The summed E-state index contributed by atoms with van der Waals surface area (Å²) in [5, 5.41) is 15.9. The van der Waals surface area contributed by atoms with Crippen LogP contribution in [0.3, 0.4) is 0 Å². The quantitative estimate of drug-likeness (QED) is 0.434. The normalized spacial score (nSPS) is 12.9. The highest BCUT2D eigenvalue weighted by Crippen LogP contribution is 2.19. The van der Waals surface area contributed by atoms with E-state index in [1.165, 1.54) is 9.58 Å². The van der Waals surface area contributed by atoms with Crippen LogP contribution in [0.1, 0.15) is 37.4 Å². The summed E-state index contributed by atoms with van der Waals surface area (Å²) in [5.74, 6) is -1.93. The number of pyridine rings is 1. The summed E-state index contributed by atoms with van der Waals surface area (Å²) in [6.07, 6.45) is 1.55. The Bertz CT molecular complexity index is 1740. The first-order valence-corrected chi connectivity index (χ1v) is 12.1. The maximum Gasteiger partial charge on any atom is 0.337 e. The van der Waals surface area contributed by atoms with Crippen molar-refractivity contribution in [1.82, 2.24) is 9.58 Å². The lowest BCUT2D eigenvalue weighted by Gasteiger charge is -2.14. The van der Waals surface area contributed by atoms with Crippen molar-refractivity contribution in [3.05, 3.63) is 128 Å². The lowest BCUT2D eigenvalue weighted by molar-refractivity contribution is 0.0678. The SMILES string of the molecule is Cc1cc(N(C)C)ccc1/C=c1\c(C(=O)O)c2c(n(-c3ccccc3)c1=O)=NN(Cc1ccccc1)C2=O. The zero-order chi connectivity index (χ0) is 27.0. The van der Waals surface area contributed by atoms with Crippen LogP contribution in [-0.4, -0.2) is 40.7 Å². The third-order valence-corrected chi connectivity index (χ3v) is 6.53. The van der Waals surface area contributed by atoms with Crippen LogP contribution in [-0.2, 0) is 6.54 Å². The lowest BCUT2D eigenvalue weighted by Crippen LogP contribution is -2.47. The Morgan fingerprint density at radius 3 is 2.24 bits per heavy atom. The third-order valence-electron chi connectivity index (χ3n) is 6.53. The maximum atomic E-state index is 14.0. The van der Waals surface area contributed by atoms with Crippen molar-refractivity contribution >= 4 is 23.6 Å². The van der Waals surface area contributed by atoms with Gasteiger partial charge in [-0.15, -0.1) is 5.10 Å². The van der Waals surface area contributed by atoms with Crippen molar-refractivity contribution in [1.29, 1.82) is 0 Å². The van der Waals surface area contributed by atoms with Gasteiger partial charge in [0.05, 0.1) is 23.0 Å². The second kappa shape index (κ2) is 9.82. The van der Waals surface area contributed by atoms with Gasteiger partial charge < -0.3 is 10.0 Å². The number of carboxylic acid groups (broad SMARTS) is 1. The summed E-state index contributed by atoms with van der Waals surface area (Å²) >= 11 is 0. The number of nitrogens with zero attached hydrogens (tertiary/aromatic N) is 4. The molecular weight excluding hydrogens is 480 g/mol. The first kappa shape index (κ1) is 24.7. The van der Waals surface area contributed by atoms with Crippen LogP contribution in [0.2, 0.25) is 0 Å². The molecule has 2 heterocycles. The zero-order valence-corrected chi connectivity index (χ0v) is 21.3. The number of hydrogen-bond acceptors (Lipinski definition) is 5. The summed E-state index contributed by atoms with van der Waals surface area (Å²) in [6, 6.07) is 23.8. The molecule has 0 radical (unpaired) electrons. The molecule has 0 bridgehead atoms. The number of aromatic carboxylic acids is 1. The van der Waals surface area contributed by atoms with E-state index in [2.05, 4.69) is 5.10 Å². The second-order valence-electron chi connectivity index (χ2n) is 9.30. The number of aryl methyl sites for hydroxylation is 1. The van der Waals surface area contributed by atoms with Gasteiger partial charge in [-0.2, -0.15) is 0 Å². The predicted molar refractivity (Wildman–Crippen MR) is 145 cm³/mol. The van der Waals surface area contributed by atoms with E-state index in [-0.39, 0.29) is 28.4 Å². The molecule has 1 amide bonds. The topological polar surface area (TPSA) is 95.2 Å². The van der Waals surface area contributed by atoms with E-state index in [1.807, 2.05) is 80.5 Å². The van der Waals surface area contributed by atoms with Crippen LogP contribution < -0.4 is 21.2 Å². The highest BCUT2D eigenvalue weighted by molar-refractivity contribution is 6.05. The number of aromatic nitrogens is 1. The van der Waals surface area contributed by atoms with Gasteiger partial charge in [-0.1, -0.05) is 54.6 Å². The Kier molecular flexibility index (Phi) is 6.38. The molecule has 190 valence electrons. The van der Waals surface area contributed by atoms with Crippen molar-refractivity contribution in [2.24, 2.45) is 5.10 Å². The van der Waals surface area contributed by atoms with E-state index < -0.39 is 17.4 Å². The number of hydrogen-bond donors (Lipinski definition) is 1. The van der Waals surface area contributed by atoms with Crippen molar-refractivity contribution in [3.63, 3.8) is 0 Å². The first-order valence-electron chi connectivity index (χ1n) is 12.1. The molecule has 38 heavy (non-hydrogen) atoms. The van der Waals surface area contributed by atoms with Gasteiger partial charge in [-0.05, 0) is 54.0 Å². The minimum atomic E-state index is -1.36. The molecule has 0 aliphatic carbocycles. The average Bonchev–Trinajstić information content (AvgIpc) is 3.21. The Labute approximate surface area is 219 Å². The van der Waals surface area contributed by atoms with Crippen LogP contribution in [0.4, 0.5) is 5.69 Å². The van der Waals surface area contributed by atoms with E-state index in [0.29, 0.717) is 11.3 Å². The van der Waals surface area contributed by atoms with Crippen LogP contribution >= 0.6 is 0 Å². The summed E-state index contributed by atoms with van der Waals surface area (Å²) in [6.45, 7) is 2.03. The van der Waals surface area contributed by atoms with Gasteiger partial charge >= 0.3 is 5.97 Å². The summed E-state index contributed by atoms with van der Waals surface area (Å²) in [5.41, 5.74) is 2.81. The van der Waals surface area contributed by atoms with Gasteiger partial charge in [-0.25, -0.2) is 9.80 Å². The minimum absolute atomic E-state index is 0.0105. The monoisotopic (exact) mass is 506 g/mol. The number of carbonyl (C=O) groups is 2.